The van der Waals surface area contributed by atoms with Gasteiger partial charge >= 0.3 is 0 Å². The minimum Gasteiger partial charge on any atom is -0.355 e. The topological polar surface area (TPSA) is 55.1 Å². The summed E-state index contributed by atoms with van der Waals surface area (Å²) in [5, 5.41) is 3.84. The van der Waals surface area contributed by atoms with Gasteiger partial charge in [-0.2, -0.15) is 11.8 Å². The zero-order chi connectivity index (χ0) is 14.8. The highest BCUT2D eigenvalue weighted by Crippen LogP contribution is 2.44. The van der Waals surface area contributed by atoms with Crippen molar-refractivity contribution in [2.24, 2.45) is 23.0 Å². The van der Waals surface area contributed by atoms with Crippen molar-refractivity contribution in [3.8, 4) is 0 Å². The van der Waals surface area contributed by atoms with Crippen molar-refractivity contribution in [3.05, 3.63) is 0 Å². The Morgan fingerprint density at radius 2 is 2.05 bits per heavy atom. The van der Waals surface area contributed by atoms with E-state index in [9.17, 15) is 4.79 Å². The van der Waals surface area contributed by atoms with Gasteiger partial charge in [0.15, 0.2) is 0 Å². The van der Waals surface area contributed by atoms with Gasteiger partial charge < -0.3 is 11.1 Å². The van der Waals surface area contributed by atoms with Crippen molar-refractivity contribution in [1.29, 1.82) is 0 Å². The molecule has 0 bridgehead atoms. The van der Waals surface area contributed by atoms with Gasteiger partial charge in [0.1, 0.15) is 0 Å². The molecule has 0 aromatic carbocycles. The number of hydrogen-bond acceptors (Lipinski definition) is 3. The van der Waals surface area contributed by atoms with Crippen LogP contribution in [0.15, 0.2) is 0 Å². The molecule has 4 heteroatoms. The Morgan fingerprint density at radius 3 is 2.70 bits per heavy atom. The normalized spacial score (nSPS) is 37.4. The van der Waals surface area contributed by atoms with Gasteiger partial charge in [-0.05, 0) is 42.8 Å². The fourth-order valence-electron chi connectivity index (χ4n) is 3.63. The van der Waals surface area contributed by atoms with Gasteiger partial charge in [0.2, 0.25) is 5.91 Å². The van der Waals surface area contributed by atoms with Gasteiger partial charge in [-0.1, -0.05) is 27.2 Å². The lowest BCUT2D eigenvalue weighted by molar-refractivity contribution is -0.132. The summed E-state index contributed by atoms with van der Waals surface area (Å²) in [6, 6.07) is 0.239. The Hall–Kier alpha value is -0.220. The van der Waals surface area contributed by atoms with Crippen molar-refractivity contribution >= 4 is 17.7 Å². The van der Waals surface area contributed by atoms with Crippen molar-refractivity contribution in [2.75, 3.05) is 12.3 Å². The minimum atomic E-state index is 0.00145. The van der Waals surface area contributed by atoms with E-state index in [1.54, 1.807) is 0 Å². The first kappa shape index (κ1) is 16.2. The molecule has 3 N–H and O–H groups in total. The maximum absolute atomic E-state index is 12.5. The lowest BCUT2D eigenvalue weighted by atomic mass is 9.61. The molecular formula is C16H30N2OS. The van der Waals surface area contributed by atoms with Crippen LogP contribution < -0.4 is 11.1 Å². The quantitative estimate of drug-likeness (QED) is 0.842. The number of carbonyl (C=O) groups is 1. The predicted molar refractivity (Wildman–Crippen MR) is 86.8 cm³/mol. The number of hydrogen-bond donors (Lipinski definition) is 2. The molecule has 1 aliphatic heterocycles. The third-order valence-electron chi connectivity index (χ3n) is 5.60. The van der Waals surface area contributed by atoms with E-state index in [1.165, 1.54) is 25.0 Å². The Morgan fingerprint density at radius 1 is 1.30 bits per heavy atom. The van der Waals surface area contributed by atoms with Crippen molar-refractivity contribution in [2.45, 2.75) is 64.2 Å². The maximum atomic E-state index is 12.5. The molecule has 2 fully saturated rings. The number of amides is 1. The summed E-state index contributed by atoms with van der Waals surface area (Å²) < 4.78 is 0. The molecule has 2 aliphatic rings. The molecule has 4 unspecified atom stereocenters. The molecule has 1 amide bonds. The summed E-state index contributed by atoms with van der Waals surface area (Å²) >= 11 is 2.02. The second-order valence-electron chi connectivity index (χ2n) is 7.14. The molecule has 1 saturated carbocycles. The number of rotatable bonds is 3. The molecule has 1 aliphatic carbocycles. The summed E-state index contributed by atoms with van der Waals surface area (Å²) in [7, 11) is 0. The van der Waals surface area contributed by atoms with Gasteiger partial charge in [0, 0.05) is 23.8 Å². The van der Waals surface area contributed by atoms with E-state index in [4.69, 9.17) is 5.73 Å². The standard InChI is InChI=1S/C16H30N2OS/c1-11-14(17)8-7-13(16(11,2)3)15(19)18-10-12-6-4-5-9-20-12/h11-14H,4-10,17H2,1-3H3,(H,18,19). The molecule has 0 spiro atoms. The zero-order valence-electron chi connectivity index (χ0n) is 13.2. The third kappa shape index (κ3) is 3.51. The van der Waals surface area contributed by atoms with Crippen molar-refractivity contribution < 1.29 is 4.79 Å². The highest BCUT2D eigenvalue weighted by Gasteiger charge is 2.44. The first-order chi connectivity index (χ1) is 9.43. The van der Waals surface area contributed by atoms with Crippen LogP contribution in [0.4, 0.5) is 0 Å². The summed E-state index contributed by atoms with van der Waals surface area (Å²) in [6.45, 7) is 7.45. The van der Waals surface area contributed by atoms with E-state index < -0.39 is 0 Å². The smallest absolute Gasteiger partial charge is 0.223 e. The third-order valence-corrected chi connectivity index (χ3v) is 7.00. The predicted octanol–water partition coefficient (Wildman–Crippen LogP) is 2.79. The van der Waals surface area contributed by atoms with Gasteiger partial charge in [-0.3, -0.25) is 4.79 Å². The molecule has 1 saturated heterocycles. The van der Waals surface area contributed by atoms with Gasteiger partial charge in [0.25, 0.3) is 0 Å². The van der Waals surface area contributed by atoms with Crippen LogP contribution in [0.1, 0.15) is 52.9 Å². The lowest BCUT2D eigenvalue weighted by Crippen LogP contribution is -2.52. The van der Waals surface area contributed by atoms with Crippen LogP contribution in [0.2, 0.25) is 0 Å². The Bertz CT molecular complexity index is 339. The molecule has 0 radical (unpaired) electrons. The maximum Gasteiger partial charge on any atom is 0.223 e. The Balaban J connectivity index is 1.88. The van der Waals surface area contributed by atoms with Gasteiger partial charge in [0.05, 0.1) is 0 Å². The Labute approximate surface area is 127 Å². The van der Waals surface area contributed by atoms with Gasteiger partial charge in [-0.15, -0.1) is 0 Å². The Kier molecular flexibility index (Phi) is 5.41. The molecular weight excluding hydrogens is 268 g/mol. The van der Waals surface area contributed by atoms with E-state index in [0.29, 0.717) is 11.2 Å². The fourth-order valence-corrected chi connectivity index (χ4v) is 4.86. The monoisotopic (exact) mass is 298 g/mol. The van der Waals surface area contributed by atoms with Crippen LogP contribution >= 0.6 is 11.8 Å². The van der Waals surface area contributed by atoms with E-state index in [1.807, 2.05) is 11.8 Å². The molecule has 0 aromatic heterocycles. The second-order valence-corrected chi connectivity index (χ2v) is 8.55. The average molecular weight is 298 g/mol. The van der Waals surface area contributed by atoms with E-state index in [0.717, 1.165) is 19.4 Å². The zero-order valence-corrected chi connectivity index (χ0v) is 14.0. The van der Waals surface area contributed by atoms with Crippen LogP contribution in [0, 0.1) is 17.3 Å². The van der Waals surface area contributed by atoms with Crippen molar-refractivity contribution in [3.63, 3.8) is 0 Å². The molecule has 116 valence electrons. The molecule has 4 atom stereocenters. The molecule has 2 rings (SSSR count). The first-order valence-corrected chi connectivity index (χ1v) is 9.12. The number of nitrogens with one attached hydrogen (secondary N) is 1. The number of carbonyl (C=O) groups excluding carboxylic acids is 1. The summed E-state index contributed by atoms with van der Waals surface area (Å²) in [4.78, 5) is 12.5. The summed E-state index contributed by atoms with van der Waals surface area (Å²) in [6.07, 6.45) is 5.80. The largest absolute Gasteiger partial charge is 0.355 e. The number of nitrogens with two attached hydrogens (primary N) is 1. The van der Waals surface area contributed by atoms with Gasteiger partial charge in [-0.25, -0.2) is 0 Å². The van der Waals surface area contributed by atoms with Crippen LogP contribution in [0.3, 0.4) is 0 Å². The first-order valence-electron chi connectivity index (χ1n) is 8.08. The van der Waals surface area contributed by atoms with Crippen LogP contribution in [-0.2, 0) is 4.79 Å². The lowest BCUT2D eigenvalue weighted by Gasteiger charge is -2.46. The summed E-state index contributed by atoms with van der Waals surface area (Å²) in [5.74, 6) is 2.02. The molecule has 3 nitrogen and oxygen atoms in total. The van der Waals surface area contributed by atoms with Crippen LogP contribution in [-0.4, -0.2) is 29.5 Å². The second kappa shape index (κ2) is 6.69. The molecule has 0 aromatic rings. The summed E-state index contributed by atoms with van der Waals surface area (Å²) in [5.41, 5.74) is 6.17. The molecule has 20 heavy (non-hydrogen) atoms. The van der Waals surface area contributed by atoms with E-state index in [2.05, 4.69) is 26.1 Å². The average Bonchev–Trinajstić information content (AvgIpc) is 2.43. The highest BCUT2D eigenvalue weighted by molar-refractivity contribution is 7.99. The highest BCUT2D eigenvalue weighted by atomic mass is 32.2. The molecule has 1 heterocycles. The SMILES string of the molecule is CC1C(N)CCC(C(=O)NCC2CCCCS2)C1(C)C. The minimum absolute atomic E-state index is 0.00145. The van der Waals surface area contributed by atoms with E-state index in [-0.39, 0.29) is 23.3 Å². The van der Waals surface area contributed by atoms with Crippen molar-refractivity contribution in [1.82, 2.24) is 5.32 Å². The number of thioether (sulfide) groups is 1. The van der Waals surface area contributed by atoms with E-state index >= 15 is 0 Å². The fraction of sp³-hybridized carbons (Fsp3) is 0.938. The van der Waals surface area contributed by atoms with Crippen LogP contribution in [0.5, 0.6) is 0 Å². The van der Waals surface area contributed by atoms with Crippen LogP contribution in [0.25, 0.3) is 0 Å².